The van der Waals surface area contributed by atoms with Crippen molar-refractivity contribution in [3.8, 4) is 18.1 Å². The van der Waals surface area contributed by atoms with Crippen molar-refractivity contribution in [3.05, 3.63) is 28.2 Å². The molecule has 1 aliphatic carbocycles. The Labute approximate surface area is 136 Å². The Balaban J connectivity index is 2.00. The van der Waals surface area contributed by atoms with Gasteiger partial charge in [-0.05, 0) is 37.0 Å². The summed E-state index contributed by atoms with van der Waals surface area (Å²) < 4.78 is 6.71. The molecule has 0 amide bonds. The quantitative estimate of drug-likeness (QED) is 0.623. The number of hydrogen-bond acceptors (Lipinski definition) is 2. The van der Waals surface area contributed by atoms with Gasteiger partial charge >= 0.3 is 0 Å². The van der Waals surface area contributed by atoms with Crippen LogP contribution >= 0.6 is 15.9 Å². The molecule has 1 fully saturated rings. The molecule has 2 rings (SSSR count). The van der Waals surface area contributed by atoms with Crippen LogP contribution in [0.1, 0.15) is 44.6 Å². The van der Waals surface area contributed by atoms with Gasteiger partial charge in [-0.1, -0.05) is 48.0 Å². The van der Waals surface area contributed by atoms with Gasteiger partial charge in [-0.15, -0.1) is 6.42 Å². The summed E-state index contributed by atoms with van der Waals surface area (Å²) in [5.41, 5.74) is 1.16. The summed E-state index contributed by atoms with van der Waals surface area (Å²) in [5, 5.41) is 3.72. The fourth-order valence-electron chi connectivity index (χ4n) is 2.98. The normalized spacial score (nSPS) is 22.3. The predicted molar refractivity (Wildman–Crippen MR) is 91.3 cm³/mol. The lowest BCUT2D eigenvalue weighted by Crippen LogP contribution is -2.33. The minimum atomic E-state index is 0.314. The summed E-state index contributed by atoms with van der Waals surface area (Å²) in [6.45, 7) is 3.50. The molecule has 114 valence electrons. The highest BCUT2D eigenvalue weighted by Crippen LogP contribution is 2.26. The van der Waals surface area contributed by atoms with E-state index in [2.05, 4.69) is 40.2 Å². The zero-order valence-corrected chi connectivity index (χ0v) is 14.3. The Bertz CT molecular complexity index is 494. The van der Waals surface area contributed by atoms with Crippen LogP contribution in [0.3, 0.4) is 0 Å². The average molecular weight is 350 g/mol. The second-order valence-electron chi connectivity index (χ2n) is 5.85. The van der Waals surface area contributed by atoms with E-state index >= 15 is 0 Å². The first-order valence-corrected chi connectivity index (χ1v) is 8.58. The molecular formula is C18H24BrNO. The lowest BCUT2D eigenvalue weighted by atomic mass is 9.97. The zero-order valence-electron chi connectivity index (χ0n) is 12.7. The fraction of sp³-hybridized carbons (Fsp3) is 0.556. The van der Waals surface area contributed by atoms with Crippen LogP contribution in [0.5, 0.6) is 5.75 Å². The van der Waals surface area contributed by atoms with Crippen molar-refractivity contribution in [1.82, 2.24) is 5.32 Å². The van der Waals surface area contributed by atoms with E-state index in [1.54, 1.807) is 0 Å². The van der Waals surface area contributed by atoms with Gasteiger partial charge in [0, 0.05) is 22.6 Å². The highest BCUT2D eigenvalue weighted by molar-refractivity contribution is 9.10. The van der Waals surface area contributed by atoms with Gasteiger partial charge in [0.15, 0.2) is 0 Å². The van der Waals surface area contributed by atoms with Gasteiger partial charge < -0.3 is 10.1 Å². The molecule has 0 bridgehead atoms. The standard InChI is InChI=1S/C18H24BrNO/c1-3-11-21-18-10-9-16(19)12-15(18)13-20-17-8-6-4-5-7-14(17)2/h1,9-10,12,14,17,20H,4-8,11,13H2,2H3. The number of benzene rings is 1. The SMILES string of the molecule is C#CCOc1ccc(Br)cc1CNC1CCCCCC1C. The topological polar surface area (TPSA) is 21.3 Å². The third kappa shape index (κ3) is 5.05. The molecule has 1 N–H and O–H groups in total. The molecule has 2 nitrogen and oxygen atoms in total. The average Bonchev–Trinajstić information content (AvgIpc) is 2.68. The Morgan fingerprint density at radius 2 is 2.14 bits per heavy atom. The Kier molecular flexibility index (Phi) is 6.60. The molecule has 1 saturated carbocycles. The van der Waals surface area contributed by atoms with Crippen molar-refractivity contribution in [2.45, 2.75) is 51.6 Å². The molecule has 1 aromatic carbocycles. The second kappa shape index (κ2) is 8.46. The maximum atomic E-state index is 5.64. The molecule has 2 unspecified atom stereocenters. The molecule has 1 aromatic rings. The van der Waals surface area contributed by atoms with Gasteiger partial charge in [-0.25, -0.2) is 0 Å². The van der Waals surface area contributed by atoms with E-state index in [1.807, 2.05) is 12.1 Å². The number of halogens is 1. The monoisotopic (exact) mass is 349 g/mol. The van der Waals surface area contributed by atoms with Crippen LogP contribution in [-0.4, -0.2) is 12.6 Å². The van der Waals surface area contributed by atoms with E-state index in [1.165, 1.54) is 32.1 Å². The van der Waals surface area contributed by atoms with E-state index in [0.29, 0.717) is 12.6 Å². The zero-order chi connectivity index (χ0) is 15.1. The molecule has 0 heterocycles. The van der Waals surface area contributed by atoms with Crippen LogP contribution in [0.25, 0.3) is 0 Å². The first kappa shape index (κ1) is 16.4. The van der Waals surface area contributed by atoms with Crippen molar-refractivity contribution in [2.75, 3.05) is 6.61 Å². The summed E-state index contributed by atoms with van der Waals surface area (Å²) >= 11 is 3.53. The Morgan fingerprint density at radius 1 is 1.33 bits per heavy atom. The highest BCUT2D eigenvalue weighted by Gasteiger charge is 2.19. The lowest BCUT2D eigenvalue weighted by Gasteiger charge is -2.23. The summed E-state index contributed by atoms with van der Waals surface area (Å²) in [4.78, 5) is 0. The van der Waals surface area contributed by atoms with Crippen molar-refractivity contribution in [2.24, 2.45) is 5.92 Å². The molecule has 0 aliphatic heterocycles. The maximum absolute atomic E-state index is 5.64. The van der Waals surface area contributed by atoms with Gasteiger partial charge in [-0.3, -0.25) is 0 Å². The van der Waals surface area contributed by atoms with E-state index in [-0.39, 0.29) is 0 Å². The third-order valence-corrected chi connectivity index (χ3v) is 4.74. The number of hydrogen-bond donors (Lipinski definition) is 1. The summed E-state index contributed by atoms with van der Waals surface area (Å²) in [6, 6.07) is 6.69. The first-order chi connectivity index (χ1) is 10.2. The smallest absolute Gasteiger partial charge is 0.148 e. The second-order valence-corrected chi connectivity index (χ2v) is 6.76. The minimum Gasteiger partial charge on any atom is -0.481 e. The third-order valence-electron chi connectivity index (χ3n) is 4.25. The number of nitrogens with one attached hydrogen (secondary N) is 1. The van der Waals surface area contributed by atoms with Crippen LogP contribution in [0.15, 0.2) is 22.7 Å². The fourth-order valence-corrected chi connectivity index (χ4v) is 3.39. The van der Waals surface area contributed by atoms with Crippen LogP contribution in [0.4, 0.5) is 0 Å². The van der Waals surface area contributed by atoms with Gasteiger partial charge in [0.25, 0.3) is 0 Å². The van der Waals surface area contributed by atoms with Crippen molar-refractivity contribution < 1.29 is 4.74 Å². The summed E-state index contributed by atoms with van der Waals surface area (Å²) in [6.07, 6.45) is 12.0. The largest absolute Gasteiger partial charge is 0.481 e. The van der Waals surface area contributed by atoms with Crippen molar-refractivity contribution >= 4 is 15.9 Å². The number of terminal acetylenes is 1. The van der Waals surface area contributed by atoms with Gasteiger partial charge in [0.1, 0.15) is 12.4 Å². The van der Waals surface area contributed by atoms with Crippen LogP contribution in [0, 0.1) is 18.3 Å². The number of ether oxygens (including phenoxy) is 1. The van der Waals surface area contributed by atoms with Gasteiger partial charge in [0.2, 0.25) is 0 Å². The summed E-state index contributed by atoms with van der Waals surface area (Å²) in [7, 11) is 0. The number of rotatable bonds is 5. The Hall–Kier alpha value is -0.980. The van der Waals surface area contributed by atoms with E-state index < -0.39 is 0 Å². The van der Waals surface area contributed by atoms with Gasteiger partial charge in [0.05, 0.1) is 0 Å². The molecule has 3 heteroatoms. The van der Waals surface area contributed by atoms with E-state index in [4.69, 9.17) is 11.2 Å². The highest BCUT2D eigenvalue weighted by atomic mass is 79.9. The molecule has 21 heavy (non-hydrogen) atoms. The first-order valence-electron chi connectivity index (χ1n) is 7.79. The lowest BCUT2D eigenvalue weighted by molar-refractivity contribution is 0.343. The van der Waals surface area contributed by atoms with Gasteiger partial charge in [-0.2, -0.15) is 0 Å². The predicted octanol–water partition coefficient (Wildman–Crippen LogP) is 4.52. The Morgan fingerprint density at radius 3 is 2.95 bits per heavy atom. The molecule has 2 atom stereocenters. The molecule has 0 aromatic heterocycles. The minimum absolute atomic E-state index is 0.314. The molecule has 1 aliphatic rings. The maximum Gasteiger partial charge on any atom is 0.148 e. The van der Waals surface area contributed by atoms with Crippen LogP contribution < -0.4 is 10.1 Å². The molecule has 0 radical (unpaired) electrons. The van der Waals surface area contributed by atoms with E-state index in [0.717, 1.165) is 28.2 Å². The van der Waals surface area contributed by atoms with Crippen molar-refractivity contribution in [1.29, 1.82) is 0 Å². The molecule has 0 spiro atoms. The van der Waals surface area contributed by atoms with Crippen LogP contribution in [-0.2, 0) is 6.54 Å². The van der Waals surface area contributed by atoms with Crippen molar-refractivity contribution in [3.63, 3.8) is 0 Å². The molecule has 0 saturated heterocycles. The van der Waals surface area contributed by atoms with E-state index in [9.17, 15) is 0 Å². The van der Waals surface area contributed by atoms with Crippen LogP contribution in [0.2, 0.25) is 0 Å². The summed E-state index contributed by atoms with van der Waals surface area (Å²) in [5.74, 6) is 4.15. The molecular weight excluding hydrogens is 326 g/mol.